The van der Waals surface area contributed by atoms with Gasteiger partial charge in [0, 0.05) is 44.4 Å². The van der Waals surface area contributed by atoms with E-state index in [0.29, 0.717) is 31.3 Å². The molecule has 8 nitrogen and oxygen atoms in total. The topological polar surface area (TPSA) is 76.7 Å². The maximum absolute atomic E-state index is 13.1. The molecular weight excluding hydrogens is 440 g/mol. The van der Waals surface area contributed by atoms with E-state index < -0.39 is 0 Å². The van der Waals surface area contributed by atoms with E-state index >= 15 is 0 Å². The number of amides is 2. The highest BCUT2D eigenvalue weighted by Gasteiger charge is 2.15. The zero-order chi connectivity index (χ0) is 23.0. The van der Waals surface area contributed by atoms with Crippen molar-refractivity contribution in [1.29, 1.82) is 0 Å². The number of nitrogens with one attached hydrogen (secondary N) is 1. The molecule has 3 aromatic heterocycles. The zero-order valence-electron chi connectivity index (χ0n) is 18.5. The summed E-state index contributed by atoms with van der Waals surface area (Å²) in [4.78, 5) is 23.5. The summed E-state index contributed by atoms with van der Waals surface area (Å²) in [5.74, 6) is 0.823. The van der Waals surface area contributed by atoms with Crippen molar-refractivity contribution in [2.24, 2.45) is 0 Å². The molecule has 0 saturated heterocycles. The number of rotatable bonds is 10. The Morgan fingerprint density at radius 2 is 2.03 bits per heavy atom. The van der Waals surface area contributed by atoms with Gasteiger partial charge in [0.15, 0.2) is 0 Å². The summed E-state index contributed by atoms with van der Waals surface area (Å²) in [5.41, 5.74) is 2.60. The molecule has 9 heteroatoms. The van der Waals surface area contributed by atoms with Crippen LogP contribution < -0.4 is 10.1 Å². The molecule has 1 N–H and O–H groups in total. The SMILES string of the molecule is CCOc1ccc(CN(CCCn2ccnc2)C(=O)NCc2cn3cc(Cl)ccc3n2)cc1. The van der Waals surface area contributed by atoms with Crippen molar-refractivity contribution in [2.45, 2.75) is 33.0 Å². The Morgan fingerprint density at radius 1 is 1.18 bits per heavy atom. The van der Waals surface area contributed by atoms with Crippen molar-refractivity contribution in [3.05, 3.63) is 83.8 Å². The number of imidazole rings is 2. The summed E-state index contributed by atoms with van der Waals surface area (Å²) in [7, 11) is 0. The molecule has 0 aliphatic heterocycles. The van der Waals surface area contributed by atoms with Crippen LogP contribution in [-0.4, -0.2) is 43.0 Å². The number of halogens is 1. The predicted molar refractivity (Wildman–Crippen MR) is 127 cm³/mol. The third-order valence-electron chi connectivity index (χ3n) is 5.18. The molecule has 1 aromatic carbocycles. The molecular formula is C24H27ClN6O2. The minimum absolute atomic E-state index is 0.135. The van der Waals surface area contributed by atoms with Crippen LogP contribution in [0.15, 0.2) is 67.5 Å². The van der Waals surface area contributed by atoms with Crippen LogP contribution in [0.1, 0.15) is 24.6 Å². The lowest BCUT2D eigenvalue weighted by atomic mass is 10.2. The minimum atomic E-state index is -0.135. The molecule has 0 aliphatic carbocycles. The maximum Gasteiger partial charge on any atom is 0.318 e. The van der Waals surface area contributed by atoms with E-state index in [9.17, 15) is 4.79 Å². The van der Waals surface area contributed by atoms with E-state index in [1.165, 1.54) is 0 Å². The van der Waals surface area contributed by atoms with Crippen LogP contribution in [0.25, 0.3) is 5.65 Å². The fourth-order valence-electron chi connectivity index (χ4n) is 3.57. The number of aromatic nitrogens is 4. The van der Waals surface area contributed by atoms with Crippen LogP contribution in [0.3, 0.4) is 0 Å². The van der Waals surface area contributed by atoms with Crippen LogP contribution >= 0.6 is 11.6 Å². The first-order valence-corrected chi connectivity index (χ1v) is 11.3. The fourth-order valence-corrected chi connectivity index (χ4v) is 3.74. The van der Waals surface area contributed by atoms with Gasteiger partial charge in [-0.05, 0) is 43.2 Å². The lowest BCUT2D eigenvalue weighted by molar-refractivity contribution is 0.193. The van der Waals surface area contributed by atoms with Crippen molar-refractivity contribution in [1.82, 2.24) is 29.2 Å². The van der Waals surface area contributed by atoms with Crippen molar-refractivity contribution in [2.75, 3.05) is 13.2 Å². The summed E-state index contributed by atoms with van der Waals surface area (Å²) >= 11 is 6.05. The lowest BCUT2D eigenvalue weighted by Crippen LogP contribution is -2.40. The average Bonchev–Trinajstić information content (AvgIpc) is 3.47. The molecule has 0 atom stereocenters. The molecule has 0 aliphatic rings. The summed E-state index contributed by atoms with van der Waals surface area (Å²) in [6.45, 7) is 4.82. The highest BCUT2D eigenvalue weighted by molar-refractivity contribution is 6.30. The molecule has 0 bridgehead atoms. The van der Waals surface area contributed by atoms with Crippen molar-refractivity contribution >= 4 is 23.3 Å². The number of carbonyl (C=O) groups excluding carboxylic acids is 1. The van der Waals surface area contributed by atoms with E-state index in [1.54, 1.807) is 24.8 Å². The smallest absolute Gasteiger partial charge is 0.318 e. The average molecular weight is 467 g/mol. The van der Waals surface area contributed by atoms with Crippen LogP contribution in [0.2, 0.25) is 5.02 Å². The normalized spacial score (nSPS) is 11.0. The number of nitrogens with zero attached hydrogens (tertiary/aromatic N) is 5. The summed E-state index contributed by atoms with van der Waals surface area (Å²) in [6.07, 6.45) is 9.94. The molecule has 0 unspecified atom stereocenters. The van der Waals surface area contributed by atoms with Gasteiger partial charge in [-0.2, -0.15) is 0 Å². The number of ether oxygens (including phenoxy) is 1. The molecule has 0 saturated carbocycles. The van der Waals surface area contributed by atoms with Crippen LogP contribution in [0.4, 0.5) is 4.79 Å². The molecule has 4 aromatic rings. The zero-order valence-corrected chi connectivity index (χ0v) is 19.3. The van der Waals surface area contributed by atoms with E-state index in [4.69, 9.17) is 16.3 Å². The number of hydrogen-bond acceptors (Lipinski definition) is 4. The summed E-state index contributed by atoms with van der Waals surface area (Å²) in [5, 5.41) is 3.64. The van der Waals surface area contributed by atoms with Crippen molar-refractivity contribution in [3.8, 4) is 5.75 Å². The van der Waals surface area contributed by atoms with E-state index in [-0.39, 0.29) is 6.03 Å². The Morgan fingerprint density at radius 3 is 2.79 bits per heavy atom. The first-order chi connectivity index (χ1) is 16.1. The highest BCUT2D eigenvalue weighted by atomic mass is 35.5. The van der Waals surface area contributed by atoms with Gasteiger partial charge in [0.25, 0.3) is 0 Å². The number of fused-ring (bicyclic) bond motifs is 1. The monoisotopic (exact) mass is 466 g/mol. The van der Waals surface area contributed by atoms with E-state index in [0.717, 1.165) is 35.6 Å². The van der Waals surface area contributed by atoms with Crippen molar-refractivity contribution in [3.63, 3.8) is 0 Å². The number of pyridine rings is 1. The Kier molecular flexibility index (Phi) is 7.47. The summed E-state index contributed by atoms with van der Waals surface area (Å²) in [6, 6.07) is 11.4. The lowest BCUT2D eigenvalue weighted by Gasteiger charge is -2.23. The Balaban J connectivity index is 1.40. The molecule has 0 spiro atoms. The maximum atomic E-state index is 13.1. The van der Waals surface area contributed by atoms with Gasteiger partial charge in [-0.1, -0.05) is 23.7 Å². The standard InChI is InChI=1S/C24H27ClN6O2/c1-2-33-22-7-4-19(5-8-22)15-30(12-3-11-29-13-10-26-18-29)24(32)27-14-21-17-31-16-20(25)6-9-23(31)28-21/h4-10,13,16-18H,2-3,11-12,14-15H2,1H3,(H,27,32). The third-order valence-corrected chi connectivity index (χ3v) is 5.41. The molecule has 3 heterocycles. The Labute approximate surface area is 197 Å². The fraction of sp³-hybridized carbons (Fsp3) is 0.292. The first kappa shape index (κ1) is 22.7. The molecule has 33 heavy (non-hydrogen) atoms. The second-order valence-corrected chi connectivity index (χ2v) is 8.09. The second kappa shape index (κ2) is 10.9. The van der Waals surface area contributed by atoms with E-state index in [1.807, 2.05) is 63.5 Å². The number of carbonyl (C=O) groups is 1. The molecule has 0 fully saturated rings. The highest BCUT2D eigenvalue weighted by Crippen LogP contribution is 2.15. The molecule has 0 radical (unpaired) electrons. The van der Waals surface area contributed by atoms with Gasteiger partial charge in [-0.25, -0.2) is 14.8 Å². The number of urea groups is 1. The van der Waals surface area contributed by atoms with Gasteiger partial charge in [-0.3, -0.25) is 0 Å². The number of hydrogen-bond donors (Lipinski definition) is 1. The van der Waals surface area contributed by atoms with Gasteiger partial charge >= 0.3 is 6.03 Å². The van der Waals surface area contributed by atoms with Gasteiger partial charge in [-0.15, -0.1) is 0 Å². The van der Waals surface area contributed by atoms with Crippen molar-refractivity contribution < 1.29 is 9.53 Å². The van der Waals surface area contributed by atoms with Gasteiger partial charge in [0.05, 0.1) is 30.2 Å². The Bertz CT molecular complexity index is 1170. The summed E-state index contributed by atoms with van der Waals surface area (Å²) < 4.78 is 9.38. The number of benzene rings is 1. The Hall–Kier alpha value is -3.52. The van der Waals surface area contributed by atoms with E-state index in [2.05, 4.69) is 15.3 Å². The quantitative estimate of drug-likeness (QED) is 0.376. The van der Waals surface area contributed by atoms with Crippen LogP contribution in [0, 0.1) is 0 Å². The molecule has 172 valence electrons. The largest absolute Gasteiger partial charge is 0.494 e. The second-order valence-electron chi connectivity index (χ2n) is 7.66. The van der Waals surface area contributed by atoms with Crippen LogP contribution in [0.5, 0.6) is 5.75 Å². The van der Waals surface area contributed by atoms with Gasteiger partial charge in [0.2, 0.25) is 0 Å². The molecule has 4 rings (SSSR count). The first-order valence-electron chi connectivity index (χ1n) is 10.9. The van der Waals surface area contributed by atoms with Gasteiger partial charge in [0.1, 0.15) is 11.4 Å². The number of aryl methyl sites for hydroxylation is 1. The minimum Gasteiger partial charge on any atom is -0.494 e. The van der Waals surface area contributed by atoms with Crippen LogP contribution in [-0.2, 0) is 19.6 Å². The van der Waals surface area contributed by atoms with Gasteiger partial charge < -0.3 is 23.9 Å². The predicted octanol–water partition coefficient (Wildman–Crippen LogP) is 4.39. The third kappa shape index (κ3) is 6.26. The molecule has 2 amide bonds.